The van der Waals surface area contributed by atoms with Crippen molar-refractivity contribution in [3.8, 4) is 0 Å². The third-order valence-corrected chi connectivity index (χ3v) is 2.86. The summed E-state index contributed by atoms with van der Waals surface area (Å²) in [4.78, 5) is 2.26. The molecular weight excluding hydrogens is 166 g/mol. The molecule has 3 nitrogen and oxygen atoms in total. The van der Waals surface area contributed by atoms with Crippen LogP contribution in [0.15, 0.2) is 0 Å². The first-order valence-electron chi connectivity index (χ1n) is 5.27. The standard InChI is InChI=1S/C10H21NO2/c1-2-9-4-3-5-11(6-9)7-10(13)8-12/h9-10,12-13H,2-8H2,1H3. The number of hydrogen-bond acceptors (Lipinski definition) is 3. The molecule has 13 heavy (non-hydrogen) atoms. The van der Waals surface area contributed by atoms with Gasteiger partial charge in [-0.25, -0.2) is 0 Å². The third kappa shape index (κ3) is 3.63. The number of piperidine rings is 1. The highest BCUT2D eigenvalue weighted by atomic mass is 16.3. The van der Waals surface area contributed by atoms with Crippen LogP contribution in [0.1, 0.15) is 26.2 Å². The molecule has 1 heterocycles. The predicted molar refractivity (Wildman–Crippen MR) is 52.5 cm³/mol. The van der Waals surface area contributed by atoms with Gasteiger partial charge in [-0.05, 0) is 25.3 Å². The van der Waals surface area contributed by atoms with Crippen LogP contribution in [0.5, 0.6) is 0 Å². The normalized spacial score (nSPS) is 27.5. The molecule has 2 N–H and O–H groups in total. The van der Waals surface area contributed by atoms with Gasteiger partial charge in [0.25, 0.3) is 0 Å². The maximum atomic E-state index is 9.28. The lowest BCUT2D eigenvalue weighted by molar-refractivity contribution is 0.0441. The van der Waals surface area contributed by atoms with Crippen LogP contribution in [0.4, 0.5) is 0 Å². The average Bonchev–Trinajstić information content (AvgIpc) is 2.18. The summed E-state index contributed by atoms with van der Waals surface area (Å²) in [5, 5.41) is 18.0. The lowest BCUT2D eigenvalue weighted by Gasteiger charge is -2.33. The number of hydrogen-bond donors (Lipinski definition) is 2. The van der Waals surface area contributed by atoms with Crippen molar-refractivity contribution < 1.29 is 10.2 Å². The summed E-state index contributed by atoms with van der Waals surface area (Å²) in [7, 11) is 0. The summed E-state index contributed by atoms with van der Waals surface area (Å²) in [6.07, 6.45) is 3.22. The van der Waals surface area contributed by atoms with E-state index in [4.69, 9.17) is 5.11 Å². The Morgan fingerprint density at radius 3 is 2.92 bits per heavy atom. The fourth-order valence-corrected chi connectivity index (χ4v) is 2.01. The molecule has 0 aliphatic carbocycles. The molecule has 0 amide bonds. The fraction of sp³-hybridized carbons (Fsp3) is 1.00. The van der Waals surface area contributed by atoms with E-state index in [0.717, 1.165) is 19.0 Å². The Bertz CT molecular complexity index is 139. The molecular formula is C10H21NO2. The second-order valence-electron chi connectivity index (χ2n) is 4.01. The molecule has 0 aromatic rings. The second-order valence-corrected chi connectivity index (χ2v) is 4.01. The molecule has 1 aliphatic rings. The molecule has 0 aromatic heterocycles. The average molecular weight is 187 g/mol. The number of nitrogens with zero attached hydrogens (tertiary/aromatic N) is 1. The molecule has 1 rings (SSSR count). The summed E-state index contributed by atoms with van der Waals surface area (Å²) in [5.41, 5.74) is 0. The first-order valence-corrected chi connectivity index (χ1v) is 5.27. The zero-order valence-electron chi connectivity index (χ0n) is 8.45. The molecule has 0 saturated carbocycles. The maximum Gasteiger partial charge on any atom is 0.0897 e. The number of likely N-dealkylation sites (tertiary alicyclic amines) is 1. The van der Waals surface area contributed by atoms with E-state index in [1.54, 1.807) is 0 Å². The molecule has 3 heteroatoms. The van der Waals surface area contributed by atoms with Crippen LogP contribution in [-0.4, -0.2) is 47.5 Å². The van der Waals surface area contributed by atoms with E-state index in [1.165, 1.54) is 19.3 Å². The van der Waals surface area contributed by atoms with E-state index in [2.05, 4.69) is 11.8 Å². The van der Waals surface area contributed by atoms with E-state index in [-0.39, 0.29) is 6.61 Å². The lowest BCUT2D eigenvalue weighted by Crippen LogP contribution is -2.41. The van der Waals surface area contributed by atoms with Crippen LogP contribution in [0.2, 0.25) is 0 Å². The topological polar surface area (TPSA) is 43.7 Å². The van der Waals surface area contributed by atoms with E-state index in [0.29, 0.717) is 6.54 Å². The highest BCUT2D eigenvalue weighted by molar-refractivity contribution is 4.73. The van der Waals surface area contributed by atoms with Gasteiger partial charge in [-0.2, -0.15) is 0 Å². The van der Waals surface area contributed by atoms with Crippen molar-refractivity contribution in [1.82, 2.24) is 4.90 Å². The van der Waals surface area contributed by atoms with E-state index in [9.17, 15) is 5.11 Å². The molecule has 2 atom stereocenters. The SMILES string of the molecule is CCC1CCCN(CC(O)CO)C1. The first-order chi connectivity index (χ1) is 6.26. The largest absolute Gasteiger partial charge is 0.394 e. The summed E-state index contributed by atoms with van der Waals surface area (Å²) < 4.78 is 0. The van der Waals surface area contributed by atoms with Crippen LogP contribution in [0, 0.1) is 5.92 Å². The highest BCUT2D eigenvalue weighted by Gasteiger charge is 2.19. The summed E-state index contributed by atoms with van der Waals surface area (Å²) in [6, 6.07) is 0. The molecule has 0 spiro atoms. The molecule has 0 radical (unpaired) electrons. The summed E-state index contributed by atoms with van der Waals surface area (Å²) >= 11 is 0. The smallest absolute Gasteiger partial charge is 0.0897 e. The molecule has 0 bridgehead atoms. The summed E-state index contributed by atoms with van der Waals surface area (Å²) in [5.74, 6) is 0.791. The quantitative estimate of drug-likeness (QED) is 0.672. The van der Waals surface area contributed by atoms with Gasteiger partial charge in [-0.3, -0.25) is 0 Å². The van der Waals surface area contributed by atoms with Crippen LogP contribution >= 0.6 is 0 Å². The Labute approximate surface area is 80.4 Å². The van der Waals surface area contributed by atoms with Crippen molar-refractivity contribution in [3.05, 3.63) is 0 Å². The molecule has 0 aromatic carbocycles. The van der Waals surface area contributed by atoms with E-state index >= 15 is 0 Å². The Balaban J connectivity index is 2.25. The molecule has 1 saturated heterocycles. The van der Waals surface area contributed by atoms with Gasteiger partial charge in [0.2, 0.25) is 0 Å². The van der Waals surface area contributed by atoms with Gasteiger partial charge in [0.15, 0.2) is 0 Å². The van der Waals surface area contributed by atoms with Crippen molar-refractivity contribution in [2.45, 2.75) is 32.3 Å². The Hall–Kier alpha value is -0.120. The van der Waals surface area contributed by atoms with Crippen molar-refractivity contribution in [1.29, 1.82) is 0 Å². The minimum atomic E-state index is -0.560. The zero-order chi connectivity index (χ0) is 9.68. The summed E-state index contributed by atoms with van der Waals surface area (Å²) in [6.45, 7) is 4.90. The molecule has 1 fully saturated rings. The van der Waals surface area contributed by atoms with Crippen LogP contribution in [0.3, 0.4) is 0 Å². The number of β-amino-alcohol motifs (C(OH)–C–C–N with tert-alkyl or cyclic N) is 1. The van der Waals surface area contributed by atoms with Gasteiger partial charge >= 0.3 is 0 Å². The Morgan fingerprint density at radius 1 is 1.54 bits per heavy atom. The highest BCUT2D eigenvalue weighted by Crippen LogP contribution is 2.18. The van der Waals surface area contributed by atoms with Gasteiger partial charge in [-0.15, -0.1) is 0 Å². The van der Waals surface area contributed by atoms with Gasteiger partial charge in [-0.1, -0.05) is 13.3 Å². The van der Waals surface area contributed by atoms with E-state index < -0.39 is 6.10 Å². The van der Waals surface area contributed by atoms with Gasteiger partial charge in [0.05, 0.1) is 12.7 Å². The third-order valence-electron chi connectivity index (χ3n) is 2.86. The van der Waals surface area contributed by atoms with E-state index in [1.807, 2.05) is 0 Å². The molecule has 1 aliphatic heterocycles. The Kier molecular flexibility index (Phi) is 4.70. The minimum absolute atomic E-state index is 0.118. The number of aliphatic hydroxyl groups is 2. The minimum Gasteiger partial charge on any atom is -0.394 e. The maximum absolute atomic E-state index is 9.28. The lowest BCUT2D eigenvalue weighted by atomic mass is 9.95. The van der Waals surface area contributed by atoms with Crippen molar-refractivity contribution in [3.63, 3.8) is 0 Å². The molecule has 2 unspecified atom stereocenters. The van der Waals surface area contributed by atoms with Crippen molar-refractivity contribution >= 4 is 0 Å². The Morgan fingerprint density at radius 2 is 2.31 bits per heavy atom. The van der Waals surface area contributed by atoms with Crippen LogP contribution < -0.4 is 0 Å². The van der Waals surface area contributed by atoms with Gasteiger partial charge in [0, 0.05) is 13.1 Å². The fourth-order valence-electron chi connectivity index (χ4n) is 2.01. The zero-order valence-corrected chi connectivity index (χ0v) is 8.45. The number of aliphatic hydroxyl groups excluding tert-OH is 2. The predicted octanol–water partition coefficient (Wildman–Crippen LogP) is 0.462. The van der Waals surface area contributed by atoms with Crippen LogP contribution in [-0.2, 0) is 0 Å². The molecule has 78 valence electrons. The second kappa shape index (κ2) is 5.58. The monoisotopic (exact) mass is 187 g/mol. The first kappa shape index (κ1) is 11.0. The van der Waals surface area contributed by atoms with Gasteiger partial charge < -0.3 is 15.1 Å². The van der Waals surface area contributed by atoms with Crippen molar-refractivity contribution in [2.75, 3.05) is 26.2 Å². The van der Waals surface area contributed by atoms with Crippen molar-refractivity contribution in [2.24, 2.45) is 5.92 Å². The van der Waals surface area contributed by atoms with Crippen LogP contribution in [0.25, 0.3) is 0 Å². The van der Waals surface area contributed by atoms with Gasteiger partial charge in [0.1, 0.15) is 0 Å². The number of rotatable bonds is 4.